The van der Waals surface area contributed by atoms with Crippen molar-refractivity contribution < 1.29 is 27.5 Å². The molecule has 3 aromatic rings. The zero-order valence-electron chi connectivity index (χ0n) is 19.5. The Bertz CT molecular complexity index is 1290. The van der Waals surface area contributed by atoms with Crippen molar-refractivity contribution in [3.63, 3.8) is 0 Å². The van der Waals surface area contributed by atoms with E-state index in [0.29, 0.717) is 23.6 Å². The molecule has 0 saturated carbocycles. The maximum absolute atomic E-state index is 13.7. The summed E-state index contributed by atoms with van der Waals surface area (Å²) < 4.78 is 38.8. The van der Waals surface area contributed by atoms with Gasteiger partial charge >= 0.3 is 0 Å². The Morgan fingerprint density at radius 3 is 2.00 bits per heavy atom. The first-order valence-corrected chi connectivity index (χ1v) is 12.5. The highest BCUT2D eigenvalue weighted by molar-refractivity contribution is 7.89. The van der Waals surface area contributed by atoms with Crippen molar-refractivity contribution in [2.75, 3.05) is 25.7 Å². The number of sulfonamides is 1. The second kappa shape index (κ2) is 10.3. The van der Waals surface area contributed by atoms with Crippen LogP contribution in [-0.4, -0.2) is 51.3 Å². The van der Waals surface area contributed by atoms with Gasteiger partial charge in [-0.15, -0.1) is 0 Å². The summed E-state index contributed by atoms with van der Waals surface area (Å²) in [6.45, 7) is 0.0402. The van der Waals surface area contributed by atoms with Gasteiger partial charge in [0.2, 0.25) is 15.9 Å². The van der Waals surface area contributed by atoms with Crippen molar-refractivity contribution in [1.29, 1.82) is 0 Å². The molecule has 1 saturated heterocycles. The van der Waals surface area contributed by atoms with Crippen molar-refractivity contribution in [3.05, 3.63) is 84.4 Å². The molecule has 0 aliphatic carbocycles. The first-order valence-electron chi connectivity index (χ1n) is 11.1. The van der Waals surface area contributed by atoms with Crippen LogP contribution in [0.15, 0.2) is 83.8 Å². The number of hydrogen-bond acceptors (Lipinski definition) is 6. The summed E-state index contributed by atoms with van der Waals surface area (Å²) in [6.07, 6.45) is 0.145. The molecule has 1 aliphatic heterocycles. The predicted octanol–water partition coefficient (Wildman–Crippen LogP) is 3.27. The lowest BCUT2D eigenvalue weighted by atomic mass is 10.1. The van der Waals surface area contributed by atoms with Crippen molar-refractivity contribution >= 4 is 27.5 Å². The number of anilines is 1. The number of hydrogen-bond donors (Lipinski definition) is 0. The summed E-state index contributed by atoms with van der Waals surface area (Å²) in [5.41, 5.74) is 1.29. The average Bonchev–Trinajstić information content (AvgIpc) is 3.18. The standard InChI is InChI=1S/C26H26N2O6S/c1-33-21-10-8-20(9-11-21)28-25(29)18-24(26(28)30)27(17-16-19-6-4-3-5-7-19)35(31,32)23-14-12-22(34-2)13-15-23/h3-15,24H,16-18H2,1-2H3. The Hall–Kier alpha value is -3.69. The molecular weight excluding hydrogens is 468 g/mol. The SMILES string of the molecule is COc1ccc(N2C(=O)CC(N(CCc3ccccc3)S(=O)(=O)c3ccc(OC)cc3)C2=O)cc1. The van der Waals surface area contributed by atoms with Crippen LogP contribution in [0.3, 0.4) is 0 Å². The molecule has 1 heterocycles. The number of imide groups is 1. The minimum absolute atomic E-state index is 0.0227. The van der Waals surface area contributed by atoms with Gasteiger partial charge in [-0.05, 0) is 60.5 Å². The van der Waals surface area contributed by atoms with Gasteiger partial charge < -0.3 is 9.47 Å². The van der Waals surface area contributed by atoms with Gasteiger partial charge in [0, 0.05) is 6.54 Å². The van der Waals surface area contributed by atoms with Gasteiger partial charge in [-0.25, -0.2) is 13.3 Å². The molecule has 0 radical (unpaired) electrons. The fourth-order valence-electron chi connectivity index (χ4n) is 4.05. The summed E-state index contributed by atoms with van der Waals surface area (Å²) in [5, 5.41) is 0. The third-order valence-corrected chi connectivity index (χ3v) is 7.85. The van der Waals surface area contributed by atoms with E-state index in [2.05, 4.69) is 0 Å². The summed E-state index contributed by atoms with van der Waals surface area (Å²) in [7, 11) is -1.08. The van der Waals surface area contributed by atoms with Crippen LogP contribution in [-0.2, 0) is 26.0 Å². The number of ether oxygens (including phenoxy) is 2. The Kier molecular flexibility index (Phi) is 7.18. The molecule has 1 aliphatic rings. The van der Waals surface area contributed by atoms with Crippen LogP contribution in [0.5, 0.6) is 11.5 Å². The Labute approximate surface area is 204 Å². The van der Waals surface area contributed by atoms with E-state index in [9.17, 15) is 18.0 Å². The summed E-state index contributed by atoms with van der Waals surface area (Å²) in [5.74, 6) is 0.0543. The highest BCUT2D eigenvalue weighted by Crippen LogP contribution is 2.31. The molecule has 4 rings (SSSR count). The molecule has 1 unspecified atom stereocenters. The molecule has 35 heavy (non-hydrogen) atoms. The number of rotatable bonds is 9. The predicted molar refractivity (Wildman–Crippen MR) is 131 cm³/mol. The second-order valence-electron chi connectivity index (χ2n) is 8.01. The van der Waals surface area contributed by atoms with E-state index in [4.69, 9.17) is 9.47 Å². The normalized spacial score (nSPS) is 16.1. The van der Waals surface area contributed by atoms with Crippen LogP contribution in [0.25, 0.3) is 0 Å². The third-order valence-electron chi connectivity index (χ3n) is 5.93. The summed E-state index contributed by atoms with van der Waals surface area (Å²) in [6, 6.07) is 20.7. The Morgan fingerprint density at radius 2 is 1.43 bits per heavy atom. The van der Waals surface area contributed by atoms with E-state index in [-0.39, 0.29) is 17.9 Å². The van der Waals surface area contributed by atoms with Crippen molar-refractivity contribution in [2.24, 2.45) is 0 Å². The van der Waals surface area contributed by atoms with Crippen LogP contribution in [0.4, 0.5) is 5.69 Å². The highest BCUT2D eigenvalue weighted by Gasteiger charge is 2.46. The molecule has 182 valence electrons. The lowest BCUT2D eigenvalue weighted by Crippen LogP contribution is -2.46. The maximum Gasteiger partial charge on any atom is 0.252 e. The lowest BCUT2D eigenvalue weighted by molar-refractivity contribution is -0.122. The number of nitrogens with zero attached hydrogens (tertiary/aromatic N) is 2. The smallest absolute Gasteiger partial charge is 0.252 e. The van der Waals surface area contributed by atoms with Crippen LogP contribution in [0, 0.1) is 0 Å². The fraction of sp³-hybridized carbons (Fsp3) is 0.231. The van der Waals surface area contributed by atoms with E-state index in [1.54, 1.807) is 36.4 Å². The first kappa shape index (κ1) is 24.4. The van der Waals surface area contributed by atoms with Gasteiger partial charge in [0.15, 0.2) is 0 Å². The van der Waals surface area contributed by atoms with E-state index in [1.165, 1.54) is 26.4 Å². The molecule has 2 amide bonds. The topological polar surface area (TPSA) is 93.2 Å². The zero-order chi connectivity index (χ0) is 25.0. The van der Waals surface area contributed by atoms with Crippen LogP contribution < -0.4 is 14.4 Å². The number of carbonyl (C=O) groups is 2. The molecule has 1 atom stereocenters. The molecule has 3 aromatic carbocycles. The fourth-order valence-corrected chi connectivity index (χ4v) is 5.64. The summed E-state index contributed by atoms with van der Waals surface area (Å²) in [4.78, 5) is 27.4. The van der Waals surface area contributed by atoms with Crippen LogP contribution in [0.1, 0.15) is 12.0 Å². The van der Waals surface area contributed by atoms with E-state index in [0.717, 1.165) is 14.8 Å². The van der Waals surface area contributed by atoms with Crippen molar-refractivity contribution in [3.8, 4) is 11.5 Å². The zero-order valence-corrected chi connectivity index (χ0v) is 20.3. The molecule has 0 N–H and O–H groups in total. The molecule has 8 nitrogen and oxygen atoms in total. The van der Waals surface area contributed by atoms with Gasteiger partial charge in [0.1, 0.15) is 17.5 Å². The van der Waals surface area contributed by atoms with Crippen molar-refractivity contribution in [2.45, 2.75) is 23.8 Å². The van der Waals surface area contributed by atoms with Gasteiger partial charge in [-0.2, -0.15) is 4.31 Å². The Morgan fingerprint density at radius 1 is 0.857 bits per heavy atom. The first-order chi connectivity index (χ1) is 16.8. The largest absolute Gasteiger partial charge is 0.497 e. The number of methoxy groups -OCH3 is 2. The minimum Gasteiger partial charge on any atom is -0.497 e. The molecular formula is C26H26N2O6S. The highest BCUT2D eigenvalue weighted by atomic mass is 32.2. The number of carbonyl (C=O) groups excluding carboxylic acids is 2. The minimum atomic E-state index is -4.09. The van der Waals surface area contributed by atoms with E-state index >= 15 is 0 Å². The van der Waals surface area contributed by atoms with E-state index < -0.39 is 27.9 Å². The molecule has 0 aromatic heterocycles. The summed E-state index contributed by atoms with van der Waals surface area (Å²) >= 11 is 0. The van der Waals surface area contributed by atoms with E-state index in [1.807, 2.05) is 30.3 Å². The van der Waals surface area contributed by atoms with Gasteiger partial charge in [0.05, 0.1) is 31.2 Å². The van der Waals surface area contributed by atoms with Gasteiger partial charge in [-0.1, -0.05) is 30.3 Å². The van der Waals surface area contributed by atoms with Crippen molar-refractivity contribution in [1.82, 2.24) is 4.31 Å². The molecule has 9 heteroatoms. The van der Waals surface area contributed by atoms with Crippen LogP contribution in [0.2, 0.25) is 0 Å². The molecule has 0 spiro atoms. The third kappa shape index (κ3) is 5.06. The van der Waals surface area contributed by atoms with Crippen LogP contribution >= 0.6 is 0 Å². The lowest BCUT2D eigenvalue weighted by Gasteiger charge is -2.27. The Balaban J connectivity index is 1.68. The average molecular weight is 495 g/mol. The molecule has 0 bridgehead atoms. The number of benzene rings is 3. The molecule has 1 fully saturated rings. The quantitative estimate of drug-likeness (QED) is 0.424. The number of amides is 2. The van der Waals surface area contributed by atoms with Gasteiger partial charge in [-0.3, -0.25) is 9.59 Å². The maximum atomic E-state index is 13.7. The van der Waals surface area contributed by atoms with Gasteiger partial charge in [0.25, 0.3) is 5.91 Å². The monoisotopic (exact) mass is 494 g/mol. The second-order valence-corrected chi connectivity index (χ2v) is 9.90.